The van der Waals surface area contributed by atoms with Gasteiger partial charge in [0.25, 0.3) is 0 Å². The summed E-state index contributed by atoms with van der Waals surface area (Å²) in [5.41, 5.74) is -0.383. The first kappa shape index (κ1) is 14.6. The molecule has 4 aliphatic rings. The van der Waals surface area contributed by atoms with Crippen molar-refractivity contribution in [2.75, 3.05) is 0 Å². The average molecular weight is 302 g/mol. The lowest BCUT2D eigenvalue weighted by Gasteiger charge is -2.58. The van der Waals surface area contributed by atoms with Gasteiger partial charge in [-0.2, -0.15) is 0 Å². The lowest BCUT2D eigenvalue weighted by Crippen LogP contribution is -2.55. The van der Waals surface area contributed by atoms with Crippen LogP contribution in [0.3, 0.4) is 0 Å². The van der Waals surface area contributed by atoms with Crippen LogP contribution in [0.25, 0.3) is 0 Å². The van der Waals surface area contributed by atoms with E-state index in [1.54, 1.807) is 0 Å². The van der Waals surface area contributed by atoms with Crippen LogP contribution in [0.1, 0.15) is 64.7 Å². The van der Waals surface area contributed by atoms with E-state index < -0.39 is 0 Å². The highest BCUT2D eigenvalue weighted by atomic mass is 16.1. The summed E-state index contributed by atoms with van der Waals surface area (Å²) in [4.78, 5) is 36.4. The van der Waals surface area contributed by atoms with Crippen molar-refractivity contribution >= 4 is 17.9 Å². The van der Waals surface area contributed by atoms with Crippen molar-refractivity contribution in [1.82, 2.24) is 0 Å². The first-order chi connectivity index (χ1) is 10.5. The molecule has 4 saturated carbocycles. The quantitative estimate of drug-likeness (QED) is 0.698. The molecule has 0 aliphatic heterocycles. The van der Waals surface area contributed by atoms with Crippen LogP contribution in [0.5, 0.6) is 0 Å². The maximum Gasteiger partial charge on any atom is 0.139 e. The fraction of sp³-hybridized carbons (Fsp3) is 0.842. The Hall–Kier alpha value is -0.990. The van der Waals surface area contributed by atoms with E-state index in [4.69, 9.17) is 0 Å². The molecule has 0 unspecified atom stereocenters. The standard InChI is InChI=1S/C19H26O3/c1-18-8-7-16-14(15(18)4-5-17(18)22)3-2-12-10-13(21)6-9-19(12,16)11-20/h11-12,14-16H,2-10H2,1H3/t12-,14-,15-,16-,18-,19+/m0/s1. The molecule has 4 rings (SSSR count). The van der Waals surface area contributed by atoms with Crippen LogP contribution in [0, 0.1) is 34.5 Å². The third-order valence-electron chi connectivity index (χ3n) is 7.98. The van der Waals surface area contributed by atoms with Gasteiger partial charge >= 0.3 is 0 Å². The molecule has 6 atom stereocenters. The van der Waals surface area contributed by atoms with E-state index in [2.05, 4.69) is 6.92 Å². The van der Waals surface area contributed by atoms with Crippen LogP contribution in [-0.4, -0.2) is 17.9 Å². The van der Waals surface area contributed by atoms with E-state index in [0.29, 0.717) is 42.2 Å². The van der Waals surface area contributed by atoms with Gasteiger partial charge in [0.05, 0.1) is 0 Å². The zero-order valence-corrected chi connectivity index (χ0v) is 13.5. The summed E-state index contributed by atoms with van der Waals surface area (Å²) in [5.74, 6) is 2.50. The lowest BCUT2D eigenvalue weighted by molar-refractivity contribution is -0.153. The third kappa shape index (κ3) is 1.71. The predicted octanol–water partition coefficient (Wildman–Crippen LogP) is 3.35. The van der Waals surface area contributed by atoms with Gasteiger partial charge in [-0.05, 0) is 62.2 Å². The van der Waals surface area contributed by atoms with Gasteiger partial charge in [0.15, 0.2) is 0 Å². The highest BCUT2D eigenvalue weighted by molar-refractivity contribution is 5.87. The Morgan fingerprint density at radius 1 is 1.00 bits per heavy atom. The number of fused-ring (bicyclic) bond motifs is 5. The Balaban J connectivity index is 1.69. The van der Waals surface area contributed by atoms with E-state index in [1.807, 2.05) is 0 Å². The number of Topliss-reactive ketones (excluding diaryl/α,β-unsaturated/α-hetero) is 2. The summed E-state index contributed by atoms with van der Waals surface area (Å²) in [5, 5.41) is 0. The van der Waals surface area contributed by atoms with Crippen LogP contribution in [0.4, 0.5) is 0 Å². The van der Waals surface area contributed by atoms with Gasteiger partial charge in [-0.25, -0.2) is 0 Å². The number of aldehydes is 1. The normalized spacial score (nSPS) is 51.0. The summed E-state index contributed by atoms with van der Waals surface area (Å²) in [7, 11) is 0. The lowest BCUT2D eigenvalue weighted by atomic mass is 9.45. The number of hydrogen-bond acceptors (Lipinski definition) is 3. The van der Waals surface area contributed by atoms with Crippen molar-refractivity contribution in [2.45, 2.75) is 64.7 Å². The number of carbonyl (C=O) groups excluding carboxylic acids is 3. The molecule has 120 valence electrons. The number of hydrogen-bond donors (Lipinski definition) is 0. The van der Waals surface area contributed by atoms with E-state index in [9.17, 15) is 14.4 Å². The van der Waals surface area contributed by atoms with Crippen LogP contribution < -0.4 is 0 Å². The third-order valence-corrected chi connectivity index (χ3v) is 7.98. The first-order valence-corrected chi connectivity index (χ1v) is 9.02. The van der Waals surface area contributed by atoms with E-state index >= 15 is 0 Å². The van der Waals surface area contributed by atoms with Gasteiger partial charge in [-0.3, -0.25) is 9.59 Å². The molecule has 0 radical (unpaired) electrons. The van der Waals surface area contributed by atoms with Gasteiger partial charge in [-0.15, -0.1) is 0 Å². The minimum Gasteiger partial charge on any atom is -0.303 e. The molecular formula is C19H26O3. The van der Waals surface area contributed by atoms with E-state index in [-0.39, 0.29) is 16.7 Å². The molecule has 0 spiro atoms. The Kier molecular flexibility index (Phi) is 3.15. The van der Waals surface area contributed by atoms with Crippen molar-refractivity contribution in [3.63, 3.8) is 0 Å². The average Bonchev–Trinajstić information content (AvgIpc) is 2.82. The molecule has 0 aromatic heterocycles. The van der Waals surface area contributed by atoms with Crippen molar-refractivity contribution in [2.24, 2.45) is 34.5 Å². The van der Waals surface area contributed by atoms with E-state index in [1.165, 1.54) is 6.29 Å². The second-order valence-electron chi connectivity index (χ2n) is 8.54. The largest absolute Gasteiger partial charge is 0.303 e. The van der Waals surface area contributed by atoms with Gasteiger partial charge in [-0.1, -0.05) is 6.92 Å². The zero-order chi connectivity index (χ0) is 15.5. The van der Waals surface area contributed by atoms with Crippen molar-refractivity contribution in [3.05, 3.63) is 0 Å². The molecule has 4 aliphatic carbocycles. The molecule has 4 fully saturated rings. The number of carbonyl (C=O) groups is 3. The highest BCUT2D eigenvalue weighted by Gasteiger charge is 2.61. The molecule has 0 aromatic rings. The molecule has 3 heteroatoms. The van der Waals surface area contributed by atoms with E-state index in [0.717, 1.165) is 44.9 Å². The maximum absolute atomic E-state index is 12.4. The van der Waals surface area contributed by atoms with Crippen molar-refractivity contribution < 1.29 is 14.4 Å². The minimum absolute atomic E-state index is 0.122. The predicted molar refractivity (Wildman–Crippen MR) is 82.1 cm³/mol. The summed E-state index contributed by atoms with van der Waals surface area (Å²) < 4.78 is 0. The Bertz CT molecular complexity index is 539. The first-order valence-electron chi connectivity index (χ1n) is 9.02. The Morgan fingerprint density at radius 2 is 1.82 bits per heavy atom. The molecule has 0 amide bonds. The van der Waals surface area contributed by atoms with Gasteiger partial charge in [0.1, 0.15) is 17.9 Å². The molecule has 0 heterocycles. The highest BCUT2D eigenvalue weighted by Crippen LogP contribution is 2.64. The molecular weight excluding hydrogens is 276 g/mol. The molecule has 0 bridgehead atoms. The summed E-state index contributed by atoms with van der Waals surface area (Å²) >= 11 is 0. The zero-order valence-electron chi connectivity index (χ0n) is 13.5. The van der Waals surface area contributed by atoms with Crippen molar-refractivity contribution in [1.29, 1.82) is 0 Å². The summed E-state index contributed by atoms with van der Waals surface area (Å²) in [6.45, 7) is 2.17. The Morgan fingerprint density at radius 3 is 2.59 bits per heavy atom. The monoisotopic (exact) mass is 302 g/mol. The fourth-order valence-electron chi connectivity index (χ4n) is 6.75. The van der Waals surface area contributed by atoms with Crippen molar-refractivity contribution in [3.8, 4) is 0 Å². The van der Waals surface area contributed by atoms with Gasteiger partial charge in [0.2, 0.25) is 0 Å². The van der Waals surface area contributed by atoms with Gasteiger partial charge in [0, 0.05) is 30.1 Å². The SMILES string of the molecule is C[C@]12CC[C@H]3[C@@H](CC[C@H]4CC(=O)CC[C@@]43C=O)[C@@H]1CCC2=O. The van der Waals surface area contributed by atoms with Gasteiger partial charge < -0.3 is 4.79 Å². The second kappa shape index (κ2) is 4.75. The topological polar surface area (TPSA) is 51.2 Å². The van der Waals surface area contributed by atoms with Crippen LogP contribution in [0.15, 0.2) is 0 Å². The van der Waals surface area contributed by atoms with Crippen LogP contribution in [-0.2, 0) is 14.4 Å². The smallest absolute Gasteiger partial charge is 0.139 e. The molecule has 22 heavy (non-hydrogen) atoms. The molecule has 0 aromatic carbocycles. The molecule has 0 saturated heterocycles. The molecule has 0 N–H and O–H groups in total. The fourth-order valence-corrected chi connectivity index (χ4v) is 6.75. The van der Waals surface area contributed by atoms with Crippen LogP contribution in [0.2, 0.25) is 0 Å². The Labute approximate surface area is 132 Å². The summed E-state index contributed by atoms with van der Waals surface area (Å²) in [6.07, 6.45) is 9.02. The summed E-state index contributed by atoms with van der Waals surface area (Å²) in [6, 6.07) is 0. The van der Waals surface area contributed by atoms with Crippen LogP contribution >= 0.6 is 0 Å². The minimum atomic E-state index is -0.260. The number of rotatable bonds is 1. The molecule has 3 nitrogen and oxygen atoms in total. The number of ketones is 2. The second-order valence-corrected chi connectivity index (χ2v) is 8.54. The maximum atomic E-state index is 12.4.